The molecular formula is C26H28FN3O4. The first-order valence-corrected chi connectivity index (χ1v) is 11.5. The number of amides is 2. The molecule has 1 aromatic heterocycles. The minimum atomic E-state index is -1.02. The minimum Gasteiger partial charge on any atom is -0.454 e. The summed E-state index contributed by atoms with van der Waals surface area (Å²) in [6.07, 6.45) is 3.81. The van der Waals surface area contributed by atoms with Crippen molar-refractivity contribution >= 4 is 28.7 Å². The summed E-state index contributed by atoms with van der Waals surface area (Å²) in [5.74, 6) is -1.35. The van der Waals surface area contributed by atoms with Crippen LogP contribution in [-0.4, -0.2) is 53.4 Å². The number of esters is 1. The van der Waals surface area contributed by atoms with Gasteiger partial charge >= 0.3 is 5.97 Å². The zero-order valence-electron chi connectivity index (χ0n) is 19.1. The molecule has 2 heterocycles. The molecule has 1 saturated heterocycles. The van der Waals surface area contributed by atoms with Gasteiger partial charge in [-0.1, -0.05) is 25.1 Å². The third-order valence-corrected chi connectivity index (χ3v) is 6.27. The average Bonchev–Trinajstić information content (AvgIpc) is 3.25. The number of halogens is 1. The smallest absolute Gasteiger partial charge is 0.329 e. The van der Waals surface area contributed by atoms with E-state index < -0.39 is 23.7 Å². The van der Waals surface area contributed by atoms with Crippen LogP contribution in [0.15, 0.2) is 54.7 Å². The van der Waals surface area contributed by atoms with E-state index >= 15 is 0 Å². The number of rotatable bonds is 7. The van der Waals surface area contributed by atoms with E-state index in [0.29, 0.717) is 19.0 Å². The normalized spacial score (nSPS) is 15.2. The first kappa shape index (κ1) is 23.5. The highest BCUT2D eigenvalue weighted by Gasteiger charge is 2.27. The van der Waals surface area contributed by atoms with Crippen LogP contribution in [0.3, 0.4) is 0 Å². The molecule has 0 saturated carbocycles. The van der Waals surface area contributed by atoms with E-state index in [9.17, 15) is 18.8 Å². The fourth-order valence-electron chi connectivity index (χ4n) is 4.14. The molecule has 0 spiro atoms. The number of likely N-dealkylation sites (tertiary alicyclic amines) is 1. The van der Waals surface area contributed by atoms with Gasteiger partial charge in [0.05, 0.1) is 0 Å². The number of nitrogens with zero attached hydrogens (tertiary/aromatic N) is 1. The molecular weight excluding hydrogens is 437 g/mol. The molecule has 2 amide bonds. The zero-order valence-corrected chi connectivity index (χ0v) is 19.1. The number of ether oxygens (including phenoxy) is 1. The Bertz CT molecular complexity index is 1170. The molecule has 1 aliphatic heterocycles. The van der Waals surface area contributed by atoms with Gasteiger partial charge in [-0.05, 0) is 54.7 Å². The molecule has 0 radical (unpaired) electrons. The van der Waals surface area contributed by atoms with Crippen molar-refractivity contribution in [1.29, 1.82) is 0 Å². The zero-order chi connectivity index (χ0) is 24.1. The summed E-state index contributed by atoms with van der Waals surface area (Å²) in [6, 6.07) is 11.7. The number of piperidine rings is 1. The predicted molar refractivity (Wildman–Crippen MR) is 126 cm³/mol. The predicted octanol–water partition coefficient (Wildman–Crippen LogP) is 3.45. The Kier molecular flexibility index (Phi) is 7.25. The second-order valence-electron chi connectivity index (χ2n) is 8.77. The Balaban J connectivity index is 1.46. The van der Waals surface area contributed by atoms with Gasteiger partial charge in [0.2, 0.25) is 0 Å². The van der Waals surface area contributed by atoms with E-state index in [2.05, 4.69) is 17.2 Å². The van der Waals surface area contributed by atoms with Crippen LogP contribution in [0.2, 0.25) is 0 Å². The number of carbonyl (C=O) groups is 3. The molecule has 1 atom stereocenters. The molecule has 2 N–H and O–H groups in total. The molecule has 3 aromatic rings. The van der Waals surface area contributed by atoms with Crippen molar-refractivity contribution in [3.63, 3.8) is 0 Å². The van der Waals surface area contributed by atoms with Gasteiger partial charge in [0.25, 0.3) is 11.8 Å². The number of fused-ring (bicyclic) bond motifs is 1. The van der Waals surface area contributed by atoms with Crippen LogP contribution in [0.1, 0.15) is 35.7 Å². The van der Waals surface area contributed by atoms with Gasteiger partial charge in [0.1, 0.15) is 11.9 Å². The van der Waals surface area contributed by atoms with E-state index in [4.69, 9.17) is 4.74 Å². The fraction of sp³-hybridized carbons (Fsp3) is 0.346. The Labute approximate surface area is 197 Å². The van der Waals surface area contributed by atoms with Gasteiger partial charge in [-0.3, -0.25) is 9.59 Å². The summed E-state index contributed by atoms with van der Waals surface area (Å²) >= 11 is 0. The van der Waals surface area contributed by atoms with Gasteiger partial charge in [0.15, 0.2) is 6.61 Å². The number of aromatic amines is 1. The van der Waals surface area contributed by atoms with Crippen molar-refractivity contribution in [2.75, 3.05) is 19.7 Å². The van der Waals surface area contributed by atoms with Crippen molar-refractivity contribution in [2.24, 2.45) is 5.92 Å². The van der Waals surface area contributed by atoms with Crippen LogP contribution in [0.5, 0.6) is 0 Å². The molecule has 2 aromatic carbocycles. The van der Waals surface area contributed by atoms with Gasteiger partial charge in [-0.15, -0.1) is 0 Å². The number of benzene rings is 2. The highest BCUT2D eigenvalue weighted by atomic mass is 19.1. The highest BCUT2D eigenvalue weighted by Crippen LogP contribution is 2.20. The molecule has 4 rings (SSSR count). The Hall–Kier alpha value is -3.68. The van der Waals surface area contributed by atoms with Crippen LogP contribution in [0.4, 0.5) is 4.39 Å². The second kappa shape index (κ2) is 10.5. The molecule has 1 unspecified atom stereocenters. The van der Waals surface area contributed by atoms with E-state index in [1.54, 1.807) is 11.1 Å². The summed E-state index contributed by atoms with van der Waals surface area (Å²) in [6.45, 7) is 3.08. The van der Waals surface area contributed by atoms with E-state index in [0.717, 1.165) is 29.3 Å². The number of aromatic nitrogens is 1. The molecule has 0 bridgehead atoms. The third kappa shape index (κ3) is 5.62. The maximum atomic E-state index is 13.2. The summed E-state index contributed by atoms with van der Waals surface area (Å²) in [4.78, 5) is 43.1. The fourth-order valence-corrected chi connectivity index (χ4v) is 4.14. The number of hydrogen-bond donors (Lipinski definition) is 2. The van der Waals surface area contributed by atoms with E-state index in [1.807, 2.05) is 24.3 Å². The van der Waals surface area contributed by atoms with Gasteiger partial charge in [0, 0.05) is 42.2 Å². The number of para-hydroxylation sites is 1. The average molecular weight is 466 g/mol. The van der Waals surface area contributed by atoms with Crippen LogP contribution in [0, 0.1) is 11.7 Å². The standard InChI is InChI=1S/C26H28FN3O4/c1-17-10-12-30(13-11-17)24(31)16-34-26(33)23(29-25(32)18-6-8-20(27)9-7-18)14-19-15-28-22-5-3-2-4-21(19)22/h2-9,15,17,23,28H,10-14,16H2,1H3,(H,29,32). The Morgan fingerprint density at radius 1 is 1.12 bits per heavy atom. The number of H-pyrrole nitrogens is 1. The molecule has 1 fully saturated rings. The van der Waals surface area contributed by atoms with Crippen molar-refractivity contribution < 1.29 is 23.5 Å². The summed E-state index contributed by atoms with van der Waals surface area (Å²) in [5.41, 5.74) is 1.95. The van der Waals surface area contributed by atoms with Crippen LogP contribution in [-0.2, 0) is 20.7 Å². The monoisotopic (exact) mass is 465 g/mol. The Morgan fingerprint density at radius 3 is 2.56 bits per heavy atom. The summed E-state index contributed by atoms with van der Waals surface area (Å²) in [5, 5.41) is 3.62. The Morgan fingerprint density at radius 2 is 1.82 bits per heavy atom. The number of carbonyl (C=O) groups excluding carboxylic acids is 3. The number of nitrogens with one attached hydrogen (secondary N) is 2. The molecule has 178 valence electrons. The molecule has 8 heteroatoms. The van der Waals surface area contributed by atoms with Crippen molar-refractivity contribution in [2.45, 2.75) is 32.2 Å². The van der Waals surface area contributed by atoms with Gasteiger partial charge in [-0.2, -0.15) is 0 Å². The highest BCUT2D eigenvalue weighted by molar-refractivity contribution is 5.97. The SMILES string of the molecule is CC1CCN(C(=O)COC(=O)C(Cc2c[nH]c3ccccc23)NC(=O)c2ccc(F)cc2)CC1. The van der Waals surface area contributed by atoms with Crippen LogP contribution >= 0.6 is 0 Å². The van der Waals surface area contributed by atoms with E-state index in [-0.39, 0.29) is 24.5 Å². The largest absolute Gasteiger partial charge is 0.454 e. The first-order chi connectivity index (χ1) is 16.4. The summed E-state index contributed by atoms with van der Waals surface area (Å²) in [7, 11) is 0. The first-order valence-electron chi connectivity index (χ1n) is 11.5. The van der Waals surface area contributed by atoms with Crippen molar-refractivity contribution in [3.8, 4) is 0 Å². The molecule has 1 aliphatic rings. The van der Waals surface area contributed by atoms with Gasteiger partial charge in [-0.25, -0.2) is 9.18 Å². The van der Waals surface area contributed by atoms with Crippen molar-refractivity contribution in [1.82, 2.24) is 15.2 Å². The van der Waals surface area contributed by atoms with E-state index in [1.165, 1.54) is 24.3 Å². The molecule has 34 heavy (non-hydrogen) atoms. The van der Waals surface area contributed by atoms with Crippen molar-refractivity contribution in [3.05, 3.63) is 71.7 Å². The maximum Gasteiger partial charge on any atom is 0.329 e. The quantitative estimate of drug-likeness (QED) is 0.523. The maximum absolute atomic E-state index is 13.2. The third-order valence-electron chi connectivity index (χ3n) is 6.27. The lowest BCUT2D eigenvalue weighted by Gasteiger charge is -2.30. The lowest BCUT2D eigenvalue weighted by Crippen LogP contribution is -2.45. The van der Waals surface area contributed by atoms with Crippen LogP contribution in [0.25, 0.3) is 10.9 Å². The molecule has 7 nitrogen and oxygen atoms in total. The number of hydrogen-bond acceptors (Lipinski definition) is 4. The topological polar surface area (TPSA) is 91.5 Å². The van der Waals surface area contributed by atoms with Crippen LogP contribution < -0.4 is 5.32 Å². The minimum absolute atomic E-state index is 0.172. The second-order valence-corrected chi connectivity index (χ2v) is 8.77. The lowest BCUT2D eigenvalue weighted by atomic mass is 9.99. The lowest BCUT2D eigenvalue weighted by molar-refractivity contribution is -0.154. The van der Waals surface area contributed by atoms with Gasteiger partial charge < -0.3 is 19.9 Å². The molecule has 0 aliphatic carbocycles. The summed E-state index contributed by atoms with van der Waals surface area (Å²) < 4.78 is 18.6.